The lowest BCUT2D eigenvalue weighted by atomic mass is 9.88. The van der Waals surface area contributed by atoms with Crippen LogP contribution >= 0.6 is 11.6 Å². The third kappa shape index (κ3) is 2.75. The second-order valence-electron chi connectivity index (χ2n) is 4.01. The molecule has 2 heteroatoms. The van der Waals surface area contributed by atoms with Gasteiger partial charge in [-0.2, -0.15) is 0 Å². The lowest BCUT2D eigenvalue weighted by molar-refractivity contribution is -0.117. The molecule has 2 aromatic carbocycles. The number of carbonyl (C=O) groups excluding carboxylic acids is 1. The van der Waals surface area contributed by atoms with Crippen molar-refractivity contribution in [2.75, 3.05) is 0 Å². The summed E-state index contributed by atoms with van der Waals surface area (Å²) < 4.78 is 0. The van der Waals surface area contributed by atoms with Crippen LogP contribution in [0.1, 0.15) is 24.0 Å². The number of carbonyl (C=O) groups is 1. The fourth-order valence-electron chi connectivity index (χ4n) is 1.96. The highest BCUT2D eigenvalue weighted by molar-refractivity contribution is 6.30. The van der Waals surface area contributed by atoms with E-state index >= 15 is 0 Å². The highest BCUT2D eigenvalue weighted by Gasteiger charge is 2.18. The van der Waals surface area contributed by atoms with Crippen molar-refractivity contribution in [2.24, 2.45) is 0 Å². The van der Waals surface area contributed by atoms with E-state index in [2.05, 4.69) is 0 Å². The molecule has 0 N–H and O–H groups in total. The minimum atomic E-state index is -0.200. The molecular weight excluding hydrogens is 232 g/mol. The molecule has 2 rings (SSSR count). The van der Waals surface area contributed by atoms with Gasteiger partial charge in [0.2, 0.25) is 0 Å². The summed E-state index contributed by atoms with van der Waals surface area (Å²) >= 11 is 5.86. The first kappa shape index (κ1) is 11.9. The van der Waals surface area contributed by atoms with E-state index in [0.29, 0.717) is 5.02 Å². The molecule has 0 aromatic heterocycles. The number of hydrogen-bond donors (Lipinski definition) is 0. The van der Waals surface area contributed by atoms with Crippen molar-refractivity contribution in [1.29, 1.82) is 0 Å². The van der Waals surface area contributed by atoms with E-state index in [9.17, 15) is 4.79 Å². The Kier molecular flexibility index (Phi) is 3.60. The first-order chi connectivity index (χ1) is 8.18. The number of halogens is 1. The molecule has 0 heterocycles. The molecule has 0 amide bonds. The second-order valence-corrected chi connectivity index (χ2v) is 4.44. The topological polar surface area (TPSA) is 17.1 Å². The Morgan fingerprint density at radius 1 is 0.941 bits per heavy atom. The Bertz CT molecular complexity index is 502. The quantitative estimate of drug-likeness (QED) is 0.796. The minimum absolute atomic E-state index is 0.138. The van der Waals surface area contributed by atoms with Crippen LogP contribution in [-0.4, -0.2) is 5.78 Å². The monoisotopic (exact) mass is 244 g/mol. The minimum Gasteiger partial charge on any atom is -0.299 e. The van der Waals surface area contributed by atoms with Gasteiger partial charge in [0.15, 0.2) is 0 Å². The summed E-state index contributed by atoms with van der Waals surface area (Å²) in [4.78, 5) is 11.8. The van der Waals surface area contributed by atoms with Crippen LogP contribution in [0.5, 0.6) is 0 Å². The van der Waals surface area contributed by atoms with E-state index in [0.717, 1.165) is 11.1 Å². The fraction of sp³-hybridized carbons (Fsp3) is 0.133. The number of hydrogen-bond acceptors (Lipinski definition) is 1. The Balaban J connectivity index is 2.43. The predicted molar refractivity (Wildman–Crippen MR) is 70.4 cm³/mol. The van der Waals surface area contributed by atoms with Crippen molar-refractivity contribution in [2.45, 2.75) is 12.8 Å². The summed E-state index contributed by atoms with van der Waals surface area (Å²) in [6, 6.07) is 17.2. The van der Waals surface area contributed by atoms with Crippen molar-refractivity contribution >= 4 is 17.4 Å². The summed E-state index contributed by atoms with van der Waals surface area (Å²) in [5.41, 5.74) is 2.00. The van der Waals surface area contributed by atoms with Gasteiger partial charge in [0, 0.05) is 5.02 Å². The maximum absolute atomic E-state index is 11.8. The molecule has 0 radical (unpaired) electrons. The molecular formula is C15H13ClO. The van der Waals surface area contributed by atoms with Crippen molar-refractivity contribution in [3.63, 3.8) is 0 Å². The van der Waals surface area contributed by atoms with Gasteiger partial charge in [-0.1, -0.05) is 54.1 Å². The van der Waals surface area contributed by atoms with Crippen LogP contribution in [0.15, 0.2) is 54.6 Å². The van der Waals surface area contributed by atoms with E-state index in [1.54, 1.807) is 6.92 Å². The van der Waals surface area contributed by atoms with Crippen LogP contribution in [0.4, 0.5) is 0 Å². The summed E-state index contributed by atoms with van der Waals surface area (Å²) in [6.07, 6.45) is 0. The number of Topliss-reactive ketones (excluding diaryl/α,β-unsaturated/α-hetero) is 1. The Hall–Kier alpha value is -1.60. The molecule has 17 heavy (non-hydrogen) atoms. The molecule has 0 saturated carbocycles. The molecule has 0 aliphatic rings. The smallest absolute Gasteiger partial charge is 0.141 e. The zero-order valence-corrected chi connectivity index (χ0v) is 10.3. The molecule has 0 aliphatic carbocycles. The average molecular weight is 245 g/mol. The second kappa shape index (κ2) is 5.15. The molecule has 0 bridgehead atoms. The molecule has 86 valence electrons. The van der Waals surface area contributed by atoms with Gasteiger partial charge in [-0.3, -0.25) is 4.79 Å². The molecule has 0 aliphatic heterocycles. The van der Waals surface area contributed by atoms with Gasteiger partial charge in [-0.15, -0.1) is 0 Å². The van der Waals surface area contributed by atoms with E-state index in [4.69, 9.17) is 11.6 Å². The van der Waals surface area contributed by atoms with Crippen LogP contribution in [0.3, 0.4) is 0 Å². The Labute approximate surface area is 106 Å². The van der Waals surface area contributed by atoms with Crippen molar-refractivity contribution in [3.8, 4) is 0 Å². The SMILES string of the molecule is CC(=O)[C@@H](c1ccccc1)c1ccc(Cl)cc1. The molecule has 2 aromatic rings. The van der Waals surface area contributed by atoms with Crippen LogP contribution in [-0.2, 0) is 4.79 Å². The molecule has 0 fully saturated rings. The van der Waals surface area contributed by atoms with Crippen LogP contribution in [0.2, 0.25) is 5.02 Å². The third-order valence-electron chi connectivity index (χ3n) is 2.74. The fourth-order valence-corrected chi connectivity index (χ4v) is 2.09. The molecule has 0 saturated heterocycles. The lowest BCUT2D eigenvalue weighted by Crippen LogP contribution is -2.10. The summed E-state index contributed by atoms with van der Waals surface area (Å²) in [7, 11) is 0. The van der Waals surface area contributed by atoms with Gasteiger partial charge in [-0.05, 0) is 30.2 Å². The summed E-state index contributed by atoms with van der Waals surface area (Å²) in [6.45, 7) is 1.62. The highest BCUT2D eigenvalue weighted by atomic mass is 35.5. The van der Waals surface area contributed by atoms with Crippen molar-refractivity contribution < 1.29 is 4.79 Å². The van der Waals surface area contributed by atoms with Crippen molar-refractivity contribution in [3.05, 3.63) is 70.7 Å². The molecule has 0 unspecified atom stereocenters. The largest absolute Gasteiger partial charge is 0.299 e. The maximum atomic E-state index is 11.8. The molecule has 1 nitrogen and oxygen atoms in total. The molecule has 0 spiro atoms. The highest BCUT2D eigenvalue weighted by Crippen LogP contribution is 2.26. The first-order valence-electron chi connectivity index (χ1n) is 5.49. The number of benzene rings is 2. The predicted octanol–water partition coefficient (Wildman–Crippen LogP) is 4.06. The first-order valence-corrected chi connectivity index (χ1v) is 5.87. The number of rotatable bonds is 3. The van der Waals surface area contributed by atoms with Gasteiger partial charge in [0.25, 0.3) is 0 Å². The third-order valence-corrected chi connectivity index (χ3v) is 2.99. The Morgan fingerprint density at radius 3 is 2.00 bits per heavy atom. The van der Waals surface area contributed by atoms with E-state index in [1.807, 2.05) is 54.6 Å². The van der Waals surface area contributed by atoms with Gasteiger partial charge >= 0.3 is 0 Å². The Morgan fingerprint density at radius 2 is 1.47 bits per heavy atom. The van der Waals surface area contributed by atoms with Gasteiger partial charge < -0.3 is 0 Å². The van der Waals surface area contributed by atoms with Gasteiger partial charge in [-0.25, -0.2) is 0 Å². The van der Waals surface area contributed by atoms with Gasteiger partial charge in [0.05, 0.1) is 5.92 Å². The van der Waals surface area contributed by atoms with E-state index in [1.165, 1.54) is 0 Å². The maximum Gasteiger partial charge on any atom is 0.141 e. The lowest BCUT2D eigenvalue weighted by Gasteiger charge is -2.14. The summed E-state index contributed by atoms with van der Waals surface area (Å²) in [5, 5.41) is 0.684. The average Bonchev–Trinajstić information content (AvgIpc) is 2.33. The van der Waals surface area contributed by atoms with Crippen LogP contribution in [0.25, 0.3) is 0 Å². The van der Waals surface area contributed by atoms with Crippen molar-refractivity contribution in [1.82, 2.24) is 0 Å². The summed E-state index contributed by atoms with van der Waals surface area (Å²) in [5.74, 6) is -0.0630. The molecule has 1 atom stereocenters. The zero-order valence-electron chi connectivity index (χ0n) is 9.56. The normalized spacial score (nSPS) is 12.1. The number of ketones is 1. The van der Waals surface area contributed by atoms with Gasteiger partial charge in [0.1, 0.15) is 5.78 Å². The van der Waals surface area contributed by atoms with Crippen LogP contribution in [0, 0.1) is 0 Å². The van der Waals surface area contributed by atoms with Crippen LogP contribution < -0.4 is 0 Å². The zero-order chi connectivity index (χ0) is 12.3. The standard InChI is InChI=1S/C15H13ClO/c1-11(17)15(12-5-3-2-4-6-12)13-7-9-14(16)10-8-13/h2-10,15H,1H3/t15-/m0/s1. The van der Waals surface area contributed by atoms with E-state index < -0.39 is 0 Å². The van der Waals surface area contributed by atoms with E-state index in [-0.39, 0.29) is 11.7 Å².